The third-order valence-electron chi connectivity index (χ3n) is 3.54. The lowest BCUT2D eigenvalue weighted by molar-refractivity contribution is 0.272. The monoisotopic (exact) mass is 274 g/mol. The van der Waals surface area contributed by atoms with E-state index in [4.69, 9.17) is 0 Å². The predicted octanol–water partition coefficient (Wildman–Crippen LogP) is 3.87. The van der Waals surface area contributed by atoms with Crippen LogP contribution in [0.25, 0.3) is 11.1 Å². The van der Waals surface area contributed by atoms with E-state index in [9.17, 15) is 8.78 Å². The number of halogens is 2. The number of pyridine rings is 1. The van der Waals surface area contributed by atoms with E-state index in [0.717, 1.165) is 13.1 Å². The number of hydrogen-bond acceptors (Lipinski definition) is 2. The molecule has 1 aromatic heterocycles. The minimum absolute atomic E-state index is 0.207. The van der Waals surface area contributed by atoms with Gasteiger partial charge in [0.05, 0.1) is 0 Å². The Bertz CT molecular complexity index is 645. The Balaban J connectivity index is 1.91. The second-order valence-corrected chi connectivity index (χ2v) is 6.03. The largest absolute Gasteiger partial charge is 0.353 e. The summed E-state index contributed by atoms with van der Waals surface area (Å²) in [7, 11) is 0. The molecule has 1 aliphatic heterocycles. The van der Waals surface area contributed by atoms with Crippen LogP contribution in [0.15, 0.2) is 36.5 Å². The van der Waals surface area contributed by atoms with Gasteiger partial charge in [-0.25, -0.2) is 13.8 Å². The van der Waals surface area contributed by atoms with E-state index in [1.165, 1.54) is 18.3 Å². The molecule has 4 heteroatoms. The first-order valence-corrected chi connectivity index (χ1v) is 6.62. The highest BCUT2D eigenvalue weighted by Crippen LogP contribution is 2.34. The van der Waals surface area contributed by atoms with E-state index >= 15 is 0 Å². The molecular weight excluding hydrogens is 258 g/mol. The molecular formula is C16H16F2N2. The number of rotatable bonds is 2. The van der Waals surface area contributed by atoms with Gasteiger partial charge in [0, 0.05) is 30.4 Å². The van der Waals surface area contributed by atoms with Crippen molar-refractivity contribution in [3.05, 3.63) is 48.2 Å². The molecule has 0 aliphatic carbocycles. The zero-order valence-electron chi connectivity index (χ0n) is 11.5. The van der Waals surface area contributed by atoms with Gasteiger partial charge in [-0.15, -0.1) is 0 Å². The molecule has 0 unspecified atom stereocenters. The minimum Gasteiger partial charge on any atom is -0.353 e. The van der Waals surface area contributed by atoms with Crippen LogP contribution in [0.5, 0.6) is 0 Å². The summed E-state index contributed by atoms with van der Waals surface area (Å²) in [5.74, 6) is -0.419. The Morgan fingerprint density at radius 2 is 1.80 bits per heavy atom. The van der Waals surface area contributed by atoms with Gasteiger partial charge in [-0.05, 0) is 17.5 Å². The fourth-order valence-corrected chi connectivity index (χ4v) is 2.64. The third kappa shape index (κ3) is 2.26. The highest BCUT2D eigenvalue weighted by atomic mass is 19.1. The van der Waals surface area contributed by atoms with Crippen molar-refractivity contribution in [2.75, 3.05) is 18.0 Å². The lowest BCUT2D eigenvalue weighted by Gasteiger charge is -2.46. The molecule has 0 bridgehead atoms. The number of aromatic nitrogens is 1. The maximum atomic E-state index is 14.2. The summed E-state index contributed by atoms with van der Waals surface area (Å²) in [6.07, 6.45) is 1.53. The van der Waals surface area contributed by atoms with Gasteiger partial charge in [0.1, 0.15) is 5.82 Å². The summed E-state index contributed by atoms with van der Waals surface area (Å²) in [5, 5.41) is 0. The number of hydrogen-bond donors (Lipinski definition) is 0. The van der Waals surface area contributed by atoms with E-state index in [1.807, 2.05) is 4.90 Å². The second-order valence-electron chi connectivity index (χ2n) is 6.03. The van der Waals surface area contributed by atoms with Crippen molar-refractivity contribution in [3.8, 4) is 11.1 Å². The molecule has 0 N–H and O–H groups in total. The highest BCUT2D eigenvalue weighted by molar-refractivity contribution is 5.65. The molecule has 1 saturated heterocycles. The van der Waals surface area contributed by atoms with E-state index in [0.29, 0.717) is 16.9 Å². The van der Waals surface area contributed by atoms with E-state index in [1.54, 1.807) is 18.2 Å². The molecule has 0 amide bonds. The zero-order chi connectivity index (χ0) is 14.3. The molecule has 0 atom stereocenters. The normalized spacial score (nSPS) is 16.9. The van der Waals surface area contributed by atoms with Crippen molar-refractivity contribution in [2.45, 2.75) is 13.8 Å². The average Bonchev–Trinajstić information content (AvgIpc) is 2.36. The van der Waals surface area contributed by atoms with Gasteiger partial charge in [0.2, 0.25) is 0 Å². The Kier molecular flexibility index (Phi) is 2.96. The van der Waals surface area contributed by atoms with Crippen molar-refractivity contribution < 1.29 is 8.78 Å². The highest BCUT2D eigenvalue weighted by Gasteiger charge is 2.36. The Morgan fingerprint density at radius 1 is 1.10 bits per heavy atom. The van der Waals surface area contributed by atoms with Gasteiger partial charge in [-0.3, -0.25) is 0 Å². The standard InChI is InChI=1S/C16H16F2N2/c1-16(2)9-20(10-16)15-14(18)7-11(8-19-15)12-5-3-4-6-13(12)17/h3-8H,9-10H2,1-2H3. The Labute approximate surface area is 117 Å². The molecule has 1 aliphatic rings. The van der Waals surface area contributed by atoms with Crippen LogP contribution in [0.3, 0.4) is 0 Å². The van der Waals surface area contributed by atoms with Crippen LogP contribution in [0, 0.1) is 17.0 Å². The molecule has 20 heavy (non-hydrogen) atoms. The molecule has 1 fully saturated rings. The fourth-order valence-electron chi connectivity index (χ4n) is 2.64. The maximum absolute atomic E-state index is 14.2. The first-order valence-electron chi connectivity index (χ1n) is 6.62. The van der Waals surface area contributed by atoms with Crippen molar-refractivity contribution in [2.24, 2.45) is 5.41 Å². The summed E-state index contributed by atoms with van der Waals surface area (Å²) >= 11 is 0. The SMILES string of the molecule is CC1(C)CN(c2ncc(-c3ccccc3F)cc2F)C1. The van der Waals surface area contributed by atoms with Gasteiger partial charge in [-0.1, -0.05) is 32.0 Å². The van der Waals surface area contributed by atoms with Gasteiger partial charge in [0.25, 0.3) is 0 Å². The van der Waals surface area contributed by atoms with Crippen LogP contribution in [0.2, 0.25) is 0 Å². The lowest BCUT2D eigenvalue weighted by atomic mass is 9.84. The lowest BCUT2D eigenvalue weighted by Crippen LogP contribution is -2.53. The van der Waals surface area contributed by atoms with Crippen LogP contribution >= 0.6 is 0 Å². The van der Waals surface area contributed by atoms with Crippen molar-refractivity contribution in [1.29, 1.82) is 0 Å². The average molecular weight is 274 g/mol. The van der Waals surface area contributed by atoms with Gasteiger partial charge < -0.3 is 4.90 Å². The molecule has 2 aromatic rings. The maximum Gasteiger partial charge on any atom is 0.166 e. The number of benzene rings is 1. The Morgan fingerprint density at radius 3 is 2.40 bits per heavy atom. The smallest absolute Gasteiger partial charge is 0.166 e. The second kappa shape index (κ2) is 4.54. The summed E-state index contributed by atoms with van der Waals surface area (Å²) < 4.78 is 27.8. The number of anilines is 1. The van der Waals surface area contributed by atoms with Gasteiger partial charge in [-0.2, -0.15) is 0 Å². The molecule has 3 rings (SSSR count). The van der Waals surface area contributed by atoms with Crippen LogP contribution in [0.4, 0.5) is 14.6 Å². The summed E-state index contributed by atoms with van der Waals surface area (Å²) in [4.78, 5) is 6.07. The van der Waals surface area contributed by atoms with Crippen molar-refractivity contribution in [1.82, 2.24) is 4.98 Å². The Hall–Kier alpha value is -1.97. The quantitative estimate of drug-likeness (QED) is 0.826. The predicted molar refractivity (Wildman–Crippen MR) is 75.6 cm³/mol. The summed E-state index contributed by atoms with van der Waals surface area (Å²) in [5.41, 5.74) is 1.04. The van der Waals surface area contributed by atoms with E-state index in [-0.39, 0.29) is 11.2 Å². The molecule has 0 spiro atoms. The van der Waals surface area contributed by atoms with E-state index in [2.05, 4.69) is 18.8 Å². The topological polar surface area (TPSA) is 16.1 Å². The minimum atomic E-state index is -0.402. The summed E-state index contributed by atoms with van der Waals surface area (Å²) in [6.45, 7) is 5.84. The van der Waals surface area contributed by atoms with Gasteiger partial charge >= 0.3 is 0 Å². The first-order chi connectivity index (χ1) is 9.46. The fraction of sp³-hybridized carbons (Fsp3) is 0.312. The molecule has 104 valence electrons. The van der Waals surface area contributed by atoms with Crippen molar-refractivity contribution in [3.63, 3.8) is 0 Å². The first kappa shape index (κ1) is 13.0. The molecule has 2 heterocycles. The van der Waals surface area contributed by atoms with Crippen LogP contribution < -0.4 is 4.90 Å². The van der Waals surface area contributed by atoms with Gasteiger partial charge in [0.15, 0.2) is 11.6 Å². The van der Waals surface area contributed by atoms with Crippen LogP contribution in [-0.4, -0.2) is 18.1 Å². The third-order valence-corrected chi connectivity index (χ3v) is 3.54. The van der Waals surface area contributed by atoms with Crippen LogP contribution in [0.1, 0.15) is 13.8 Å². The molecule has 2 nitrogen and oxygen atoms in total. The number of nitrogens with zero attached hydrogens (tertiary/aromatic N) is 2. The molecule has 1 aromatic carbocycles. The summed E-state index contributed by atoms with van der Waals surface area (Å²) in [6, 6.07) is 7.67. The van der Waals surface area contributed by atoms with Crippen molar-refractivity contribution >= 4 is 5.82 Å². The zero-order valence-corrected chi connectivity index (χ0v) is 11.5. The van der Waals surface area contributed by atoms with Crippen LogP contribution in [-0.2, 0) is 0 Å². The molecule has 0 saturated carbocycles. The van der Waals surface area contributed by atoms with E-state index < -0.39 is 5.82 Å². The molecule has 0 radical (unpaired) electrons.